The van der Waals surface area contributed by atoms with Gasteiger partial charge in [0, 0.05) is 11.6 Å². The summed E-state index contributed by atoms with van der Waals surface area (Å²) in [5.74, 6) is 0.539. The van der Waals surface area contributed by atoms with E-state index in [-0.39, 0.29) is 5.91 Å². The van der Waals surface area contributed by atoms with E-state index in [1.807, 2.05) is 49.4 Å². The Morgan fingerprint density at radius 3 is 2.71 bits per heavy atom. The van der Waals surface area contributed by atoms with Gasteiger partial charge in [0.2, 0.25) is 0 Å². The highest BCUT2D eigenvalue weighted by atomic mass is 35.5. The van der Waals surface area contributed by atoms with E-state index in [1.165, 1.54) is 0 Å². The van der Waals surface area contributed by atoms with E-state index >= 15 is 0 Å². The van der Waals surface area contributed by atoms with Crippen molar-refractivity contribution in [2.45, 2.75) is 26.5 Å². The molecule has 0 radical (unpaired) electrons. The third-order valence-corrected chi connectivity index (χ3v) is 3.26. The molecule has 0 aliphatic heterocycles. The van der Waals surface area contributed by atoms with E-state index in [0.29, 0.717) is 17.3 Å². The molecule has 21 heavy (non-hydrogen) atoms. The molecule has 0 aliphatic carbocycles. The van der Waals surface area contributed by atoms with Crippen molar-refractivity contribution in [1.82, 2.24) is 5.32 Å². The number of nitrogens with one attached hydrogen (secondary N) is 1. The summed E-state index contributed by atoms with van der Waals surface area (Å²) in [7, 11) is 0. The fourth-order valence-electron chi connectivity index (χ4n) is 1.93. The van der Waals surface area contributed by atoms with Gasteiger partial charge in [0.25, 0.3) is 5.91 Å². The first kappa shape index (κ1) is 15.4. The van der Waals surface area contributed by atoms with Crippen LogP contribution in [-0.2, 0) is 11.3 Å². The molecule has 1 atom stereocenters. The lowest BCUT2D eigenvalue weighted by molar-refractivity contribution is -0.127. The predicted octanol–water partition coefficient (Wildman–Crippen LogP) is 3.73. The molecule has 2 rings (SSSR count). The van der Waals surface area contributed by atoms with Gasteiger partial charge in [-0.3, -0.25) is 4.79 Å². The van der Waals surface area contributed by atoms with Gasteiger partial charge in [-0.15, -0.1) is 0 Å². The summed E-state index contributed by atoms with van der Waals surface area (Å²) >= 11 is 5.91. The van der Waals surface area contributed by atoms with Crippen molar-refractivity contribution >= 4 is 17.5 Å². The van der Waals surface area contributed by atoms with Crippen LogP contribution in [0.25, 0.3) is 0 Å². The van der Waals surface area contributed by atoms with Gasteiger partial charge in [-0.25, -0.2) is 0 Å². The summed E-state index contributed by atoms with van der Waals surface area (Å²) in [5.41, 5.74) is 2.05. The molecule has 1 N–H and O–H groups in total. The number of hydrogen-bond acceptors (Lipinski definition) is 2. The standard InChI is InChI=1S/C17H18ClNO2/c1-12-5-3-8-16(9-12)21-13(2)17(20)19-11-14-6-4-7-15(18)10-14/h3-10,13H,11H2,1-2H3,(H,19,20). The third-order valence-electron chi connectivity index (χ3n) is 3.03. The number of aryl methyl sites for hydroxylation is 1. The Kier molecular flexibility index (Phi) is 5.23. The molecule has 0 saturated carbocycles. The van der Waals surface area contributed by atoms with Gasteiger partial charge in [-0.1, -0.05) is 35.9 Å². The molecule has 3 nitrogen and oxygen atoms in total. The molecule has 4 heteroatoms. The number of rotatable bonds is 5. The zero-order chi connectivity index (χ0) is 15.2. The fraction of sp³-hybridized carbons (Fsp3) is 0.235. The normalized spacial score (nSPS) is 11.8. The van der Waals surface area contributed by atoms with Crippen molar-refractivity contribution in [1.29, 1.82) is 0 Å². The molecule has 1 unspecified atom stereocenters. The molecule has 0 aliphatic rings. The Hall–Kier alpha value is -2.00. The average molecular weight is 304 g/mol. The Balaban J connectivity index is 1.88. The number of carbonyl (C=O) groups is 1. The highest BCUT2D eigenvalue weighted by Gasteiger charge is 2.14. The monoisotopic (exact) mass is 303 g/mol. The van der Waals surface area contributed by atoms with Crippen LogP contribution in [0.2, 0.25) is 5.02 Å². The van der Waals surface area contributed by atoms with Crippen LogP contribution in [0.3, 0.4) is 0 Å². The summed E-state index contributed by atoms with van der Waals surface area (Å²) in [6.07, 6.45) is -0.550. The number of hydrogen-bond donors (Lipinski definition) is 1. The maximum atomic E-state index is 12.0. The van der Waals surface area contributed by atoms with Gasteiger partial charge in [0.15, 0.2) is 6.10 Å². The molecule has 1 amide bonds. The lowest BCUT2D eigenvalue weighted by Crippen LogP contribution is -2.35. The minimum absolute atomic E-state index is 0.156. The Labute approximate surface area is 129 Å². The lowest BCUT2D eigenvalue weighted by atomic mass is 10.2. The van der Waals surface area contributed by atoms with Crippen LogP contribution in [-0.4, -0.2) is 12.0 Å². The van der Waals surface area contributed by atoms with Gasteiger partial charge in [0.05, 0.1) is 0 Å². The van der Waals surface area contributed by atoms with E-state index in [2.05, 4.69) is 5.32 Å². The first-order valence-corrected chi connectivity index (χ1v) is 7.18. The van der Waals surface area contributed by atoms with Gasteiger partial charge in [-0.2, -0.15) is 0 Å². The first-order valence-electron chi connectivity index (χ1n) is 6.80. The highest BCUT2D eigenvalue weighted by Crippen LogP contribution is 2.14. The van der Waals surface area contributed by atoms with E-state index in [4.69, 9.17) is 16.3 Å². The zero-order valence-electron chi connectivity index (χ0n) is 12.1. The maximum absolute atomic E-state index is 12.0. The van der Waals surface area contributed by atoms with Crippen molar-refractivity contribution < 1.29 is 9.53 Å². The van der Waals surface area contributed by atoms with Crippen molar-refractivity contribution in [3.05, 3.63) is 64.7 Å². The van der Waals surface area contributed by atoms with Crippen LogP contribution in [0.5, 0.6) is 5.75 Å². The number of amides is 1. The highest BCUT2D eigenvalue weighted by molar-refractivity contribution is 6.30. The van der Waals surface area contributed by atoms with Crippen molar-refractivity contribution in [3.8, 4) is 5.75 Å². The molecule has 110 valence electrons. The van der Waals surface area contributed by atoms with Gasteiger partial charge < -0.3 is 10.1 Å². The number of ether oxygens (including phenoxy) is 1. The molecular weight excluding hydrogens is 286 g/mol. The van der Waals surface area contributed by atoms with E-state index in [0.717, 1.165) is 11.1 Å². The van der Waals surface area contributed by atoms with Crippen LogP contribution in [0.1, 0.15) is 18.1 Å². The van der Waals surface area contributed by atoms with Gasteiger partial charge in [0.1, 0.15) is 5.75 Å². The van der Waals surface area contributed by atoms with Crippen molar-refractivity contribution in [3.63, 3.8) is 0 Å². The van der Waals surface area contributed by atoms with E-state index in [1.54, 1.807) is 13.0 Å². The Morgan fingerprint density at radius 1 is 1.24 bits per heavy atom. The second kappa shape index (κ2) is 7.14. The van der Waals surface area contributed by atoms with Crippen molar-refractivity contribution in [2.75, 3.05) is 0 Å². The van der Waals surface area contributed by atoms with Crippen LogP contribution < -0.4 is 10.1 Å². The molecule has 2 aromatic carbocycles. The average Bonchev–Trinajstić information content (AvgIpc) is 2.45. The van der Waals surface area contributed by atoms with Crippen molar-refractivity contribution in [2.24, 2.45) is 0 Å². The summed E-state index contributed by atoms with van der Waals surface area (Å²) in [5, 5.41) is 3.50. The number of benzene rings is 2. The fourth-order valence-corrected chi connectivity index (χ4v) is 2.14. The van der Waals surface area contributed by atoms with Crippen LogP contribution in [0.4, 0.5) is 0 Å². The maximum Gasteiger partial charge on any atom is 0.261 e. The zero-order valence-corrected chi connectivity index (χ0v) is 12.9. The smallest absolute Gasteiger partial charge is 0.261 e. The summed E-state index contributed by atoms with van der Waals surface area (Å²) in [6, 6.07) is 15.0. The topological polar surface area (TPSA) is 38.3 Å². The minimum atomic E-state index is -0.550. The van der Waals surface area contributed by atoms with Crippen LogP contribution >= 0.6 is 11.6 Å². The Bertz CT molecular complexity index is 628. The number of halogens is 1. The summed E-state index contributed by atoms with van der Waals surface area (Å²) in [6.45, 7) is 4.15. The van der Waals surface area contributed by atoms with Crippen LogP contribution in [0.15, 0.2) is 48.5 Å². The molecule has 0 bridgehead atoms. The van der Waals surface area contributed by atoms with Gasteiger partial charge >= 0.3 is 0 Å². The molecule has 0 aromatic heterocycles. The first-order chi connectivity index (χ1) is 10.0. The lowest BCUT2D eigenvalue weighted by Gasteiger charge is -2.15. The minimum Gasteiger partial charge on any atom is -0.481 e. The quantitative estimate of drug-likeness (QED) is 0.914. The molecular formula is C17H18ClNO2. The largest absolute Gasteiger partial charge is 0.481 e. The SMILES string of the molecule is Cc1cccc(OC(C)C(=O)NCc2cccc(Cl)c2)c1. The molecule has 0 saturated heterocycles. The molecule has 0 heterocycles. The molecule has 0 spiro atoms. The summed E-state index contributed by atoms with van der Waals surface area (Å²) < 4.78 is 5.63. The molecule has 0 fully saturated rings. The second-order valence-electron chi connectivity index (χ2n) is 4.92. The van der Waals surface area contributed by atoms with Gasteiger partial charge in [-0.05, 0) is 49.2 Å². The summed E-state index contributed by atoms with van der Waals surface area (Å²) in [4.78, 5) is 12.0. The van der Waals surface area contributed by atoms with E-state index in [9.17, 15) is 4.79 Å². The predicted molar refractivity (Wildman–Crippen MR) is 84.6 cm³/mol. The van der Waals surface area contributed by atoms with E-state index < -0.39 is 6.10 Å². The number of carbonyl (C=O) groups excluding carboxylic acids is 1. The second-order valence-corrected chi connectivity index (χ2v) is 5.36. The third kappa shape index (κ3) is 4.80. The molecule has 2 aromatic rings. The van der Waals surface area contributed by atoms with Crippen LogP contribution in [0, 0.1) is 6.92 Å². The Morgan fingerprint density at radius 2 is 2.00 bits per heavy atom.